The Labute approximate surface area is 245 Å². The number of amides is 1. The zero-order chi connectivity index (χ0) is 29.5. The summed E-state index contributed by atoms with van der Waals surface area (Å²) in [7, 11) is 0. The van der Waals surface area contributed by atoms with Gasteiger partial charge in [0.05, 0.1) is 30.4 Å². The summed E-state index contributed by atoms with van der Waals surface area (Å²) in [5, 5.41) is 3.03. The lowest BCUT2D eigenvalue weighted by molar-refractivity contribution is 0.0935. The minimum absolute atomic E-state index is 0.217. The molecule has 1 saturated heterocycles. The number of nitrogens with two attached hydrogens (primary N) is 1. The number of fused-ring (bicyclic) bond motifs is 2. The van der Waals surface area contributed by atoms with Crippen molar-refractivity contribution in [3.63, 3.8) is 0 Å². The van der Waals surface area contributed by atoms with Gasteiger partial charge in [0.15, 0.2) is 11.5 Å². The molecule has 10 nitrogen and oxygen atoms in total. The van der Waals surface area contributed by atoms with E-state index in [1.165, 1.54) is 18.3 Å². The summed E-state index contributed by atoms with van der Waals surface area (Å²) in [5.41, 5.74) is 11.3. The van der Waals surface area contributed by atoms with Crippen LogP contribution in [0.2, 0.25) is 0 Å². The summed E-state index contributed by atoms with van der Waals surface area (Å²) in [6, 6.07) is 16.1. The zero-order valence-electron chi connectivity index (χ0n) is 23.1. The number of morpholine rings is 1. The molecule has 0 unspecified atom stereocenters. The van der Waals surface area contributed by atoms with E-state index in [-0.39, 0.29) is 23.2 Å². The van der Waals surface area contributed by atoms with Gasteiger partial charge in [-0.2, -0.15) is 0 Å². The number of pyridine rings is 3. The summed E-state index contributed by atoms with van der Waals surface area (Å²) >= 11 is 0. The SMILES string of the molecule is Nc1ncccc1-c1nc2ccc(N3CCOCC3)nc2n1-c1ccc2c(c1)CC[C@@H]2NC(=O)c1ccc(C(F)F)nc1. The number of hydrogen-bond donors (Lipinski definition) is 2. The molecule has 218 valence electrons. The second-order valence-electron chi connectivity index (χ2n) is 10.5. The van der Waals surface area contributed by atoms with Gasteiger partial charge in [-0.25, -0.2) is 23.7 Å². The van der Waals surface area contributed by atoms with E-state index >= 15 is 0 Å². The molecule has 3 N–H and O–H groups in total. The number of rotatable bonds is 6. The van der Waals surface area contributed by atoms with Gasteiger partial charge < -0.3 is 20.7 Å². The molecule has 1 amide bonds. The molecule has 1 fully saturated rings. The Kier molecular flexibility index (Phi) is 6.90. The first-order valence-corrected chi connectivity index (χ1v) is 14.1. The van der Waals surface area contributed by atoms with Gasteiger partial charge in [0.25, 0.3) is 12.3 Å². The molecule has 1 aliphatic heterocycles. The zero-order valence-corrected chi connectivity index (χ0v) is 23.1. The second kappa shape index (κ2) is 11.0. The molecular formula is C31H28F2N8O2. The van der Waals surface area contributed by atoms with Crippen LogP contribution in [0.5, 0.6) is 0 Å². The number of anilines is 2. The highest BCUT2D eigenvalue weighted by Gasteiger charge is 2.27. The standard InChI is InChI=1S/C31H28F2N8O2/c32-27(33)24-8-4-19(17-36-24)31(42)38-23-7-3-18-16-20(5-6-21(18)23)41-29(22-2-1-11-35-28(22)34)37-25-9-10-26(39-30(25)41)40-12-14-43-15-13-40/h1-2,4-6,8-11,16-17,23,27H,3,7,12-15H2,(H2,34,35)(H,38,42)/t23-/m0/s1. The maximum Gasteiger partial charge on any atom is 0.280 e. The van der Waals surface area contributed by atoms with Crippen LogP contribution in [-0.2, 0) is 11.2 Å². The van der Waals surface area contributed by atoms with Gasteiger partial charge in [-0.1, -0.05) is 6.07 Å². The molecule has 4 aromatic heterocycles. The van der Waals surface area contributed by atoms with E-state index in [9.17, 15) is 13.6 Å². The number of alkyl halides is 2. The van der Waals surface area contributed by atoms with Crippen LogP contribution in [0.15, 0.2) is 67.0 Å². The van der Waals surface area contributed by atoms with Crippen LogP contribution < -0.4 is 16.0 Å². The van der Waals surface area contributed by atoms with E-state index in [2.05, 4.69) is 26.3 Å². The van der Waals surface area contributed by atoms with E-state index in [4.69, 9.17) is 20.4 Å². The quantitative estimate of drug-likeness (QED) is 0.297. The molecule has 0 spiro atoms. The van der Waals surface area contributed by atoms with Gasteiger partial charge in [0, 0.05) is 31.2 Å². The van der Waals surface area contributed by atoms with Crippen molar-refractivity contribution in [2.75, 3.05) is 36.9 Å². The fourth-order valence-corrected chi connectivity index (χ4v) is 5.75. The van der Waals surface area contributed by atoms with Crippen molar-refractivity contribution in [3.8, 4) is 17.1 Å². The number of carbonyl (C=O) groups excluding carboxylic acids is 1. The third-order valence-corrected chi connectivity index (χ3v) is 7.94. The molecule has 1 aromatic carbocycles. The van der Waals surface area contributed by atoms with E-state index in [0.717, 1.165) is 47.7 Å². The van der Waals surface area contributed by atoms with Crippen molar-refractivity contribution in [1.29, 1.82) is 0 Å². The molecule has 0 saturated carbocycles. The number of benzene rings is 1. The monoisotopic (exact) mass is 582 g/mol. The maximum atomic E-state index is 12.9. The number of imidazole rings is 1. The number of aryl methyl sites for hydroxylation is 1. The van der Waals surface area contributed by atoms with Crippen LogP contribution in [0.3, 0.4) is 0 Å². The first-order chi connectivity index (χ1) is 21.0. The Bertz CT molecular complexity index is 1820. The van der Waals surface area contributed by atoms with Crippen LogP contribution >= 0.6 is 0 Å². The predicted molar refractivity (Wildman–Crippen MR) is 157 cm³/mol. The smallest absolute Gasteiger partial charge is 0.280 e. The lowest BCUT2D eigenvalue weighted by Gasteiger charge is -2.27. The first kappa shape index (κ1) is 26.9. The average Bonchev–Trinajstić information content (AvgIpc) is 3.62. The topological polar surface area (TPSA) is 124 Å². The average molecular weight is 583 g/mol. The van der Waals surface area contributed by atoms with E-state index < -0.39 is 6.43 Å². The maximum absolute atomic E-state index is 12.9. The molecule has 5 aromatic rings. The molecule has 12 heteroatoms. The lowest BCUT2D eigenvalue weighted by atomic mass is 10.1. The number of ether oxygens (including phenoxy) is 1. The van der Waals surface area contributed by atoms with Gasteiger partial charge in [0.2, 0.25) is 0 Å². The summed E-state index contributed by atoms with van der Waals surface area (Å²) < 4.78 is 33.3. The van der Waals surface area contributed by atoms with Gasteiger partial charge in [-0.15, -0.1) is 0 Å². The van der Waals surface area contributed by atoms with E-state index in [0.29, 0.717) is 42.5 Å². The Hall–Kier alpha value is -4.97. The van der Waals surface area contributed by atoms with Gasteiger partial charge in [-0.05, 0) is 72.5 Å². The minimum atomic E-state index is -2.68. The predicted octanol–water partition coefficient (Wildman–Crippen LogP) is 4.65. The number of aromatic nitrogens is 5. The van der Waals surface area contributed by atoms with Crippen molar-refractivity contribution in [3.05, 3.63) is 89.4 Å². The van der Waals surface area contributed by atoms with Gasteiger partial charge in [0.1, 0.15) is 22.8 Å². The fraction of sp³-hybridized carbons (Fsp3) is 0.258. The molecular weight excluding hydrogens is 554 g/mol. The van der Waals surface area contributed by atoms with Crippen molar-refractivity contribution >= 4 is 28.7 Å². The van der Waals surface area contributed by atoms with Crippen molar-refractivity contribution < 1.29 is 18.3 Å². The Morgan fingerprint density at radius 1 is 1.05 bits per heavy atom. The van der Waals surface area contributed by atoms with Crippen LogP contribution in [0.25, 0.3) is 28.2 Å². The summed E-state index contributed by atoms with van der Waals surface area (Å²) in [6.07, 6.45) is 1.61. The third kappa shape index (κ3) is 5.03. The summed E-state index contributed by atoms with van der Waals surface area (Å²) in [6.45, 7) is 2.81. The van der Waals surface area contributed by atoms with Crippen molar-refractivity contribution in [2.24, 2.45) is 0 Å². The van der Waals surface area contributed by atoms with Crippen LogP contribution in [0.1, 0.15) is 46.1 Å². The highest BCUT2D eigenvalue weighted by atomic mass is 19.3. The largest absolute Gasteiger partial charge is 0.383 e. The fourth-order valence-electron chi connectivity index (χ4n) is 5.75. The molecule has 7 rings (SSSR count). The number of halogens is 2. The molecule has 1 atom stereocenters. The molecule has 1 aliphatic carbocycles. The number of hydrogen-bond acceptors (Lipinski definition) is 8. The molecule has 5 heterocycles. The lowest BCUT2D eigenvalue weighted by Crippen LogP contribution is -2.36. The van der Waals surface area contributed by atoms with Crippen LogP contribution in [-0.4, -0.2) is 56.7 Å². The number of carbonyl (C=O) groups is 1. The van der Waals surface area contributed by atoms with Crippen molar-refractivity contribution in [2.45, 2.75) is 25.3 Å². The Morgan fingerprint density at radius 2 is 1.91 bits per heavy atom. The first-order valence-electron chi connectivity index (χ1n) is 14.1. The Balaban J connectivity index is 1.25. The molecule has 0 radical (unpaired) electrons. The minimum Gasteiger partial charge on any atom is -0.383 e. The van der Waals surface area contributed by atoms with Gasteiger partial charge >= 0.3 is 0 Å². The van der Waals surface area contributed by atoms with Crippen LogP contribution in [0, 0.1) is 0 Å². The number of nitrogens with zero attached hydrogens (tertiary/aromatic N) is 6. The summed E-state index contributed by atoms with van der Waals surface area (Å²) in [5.74, 6) is 1.50. The highest BCUT2D eigenvalue weighted by Crippen LogP contribution is 2.36. The number of nitrogen functional groups attached to an aromatic ring is 1. The Morgan fingerprint density at radius 3 is 2.67 bits per heavy atom. The third-order valence-electron chi connectivity index (χ3n) is 7.94. The number of nitrogens with one attached hydrogen (secondary N) is 1. The van der Waals surface area contributed by atoms with Crippen LogP contribution in [0.4, 0.5) is 20.4 Å². The van der Waals surface area contributed by atoms with Gasteiger partial charge in [-0.3, -0.25) is 14.3 Å². The van der Waals surface area contributed by atoms with Crippen molar-refractivity contribution in [1.82, 2.24) is 29.8 Å². The molecule has 43 heavy (non-hydrogen) atoms. The molecule has 2 aliphatic rings. The highest BCUT2D eigenvalue weighted by molar-refractivity contribution is 5.94. The second-order valence-corrected chi connectivity index (χ2v) is 10.5. The normalized spacial score (nSPS) is 16.5. The van der Waals surface area contributed by atoms with E-state index in [1.807, 2.05) is 41.0 Å². The van der Waals surface area contributed by atoms with E-state index in [1.54, 1.807) is 6.20 Å². The molecule has 0 bridgehead atoms. The summed E-state index contributed by atoms with van der Waals surface area (Å²) in [4.78, 5) is 33.1.